The molecule has 0 bridgehead atoms. The maximum Gasteiger partial charge on any atom is 0.287 e. The summed E-state index contributed by atoms with van der Waals surface area (Å²) >= 11 is 0. The second-order valence-corrected chi connectivity index (χ2v) is 5.47. The molecular formula is C14H24N2O2. The van der Waals surface area contributed by atoms with Gasteiger partial charge in [-0.15, -0.1) is 0 Å². The van der Waals surface area contributed by atoms with Crippen LogP contribution in [0.15, 0.2) is 16.5 Å². The Morgan fingerprint density at radius 1 is 1.39 bits per heavy atom. The van der Waals surface area contributed by atoms with Gasteiger partial charge in [-0.25, -0.2) is 0 Å². The Bertz CT molecular complexity index is 373. The van der Waals surface area contributed by atoms with Crippen LogP contribution in [-0.2, 0) is 0 Å². The number of hydrogen-bond acceptors (Lipinski definition) is 3. The molecule has 0 fully saturated rings. The van der Waals surface area contributed by atoms with Crippen LogP contribution in [-0.4, -0.2) is 37.5 Å². The molecule has 18 heavy (non-hydrogen) atoms. The van der Waals surface area contributed by atoms with Gasteiger partial charge in [0.2, 0.25) is 0 Å². The van der Waals surface area contributed by atoms with Gasteiger partial charge < -0.3 is 14.6 Å². The van der Waals surface area contributed by atoms with Crippen molar-refractivity contribution in [3.8, 4) is 0 Å². The van der Waals surface area contributed by atoms with Crippen LogP contribution in [0.2, 0.25) is 0 Å². The molecule has 1 heterocycles. The molecule has 0 spiro atoms. The van der Waals surface area contributed by atoms with Crippen LogP contribution in [0.5, 0.6) is 0 Å². The minimum Gasteiger partial charge on any atom is -0.456 e. The summed E-state index contributed by atoms with van der Waals surface area (Å²) in [6, 6.07) is 3.67. The Labute approximate surface area is 109 Å². The smallest absolute Gasteiger partial charge is 0.287 e. The lowest BCUT2D eigenvalue weighted by atomic mass is 10.0. The van der Waals surface area contributed by atoms with Gasteiger partial charge in [0.1, 0.15) is 5.76 Å². The lowest BCUT2D eigenvalue weighted by Gasteiger charge is -2.23. The summed E-state index contributed by atoms with van der Waals surface area (Å²) in [7, 11) is 4.02. The first-order valence-corrected chi connectivity index (χ1v) is 6.40. The molecule has 0 aromatic carbocycles. The molecule has 0 aliphatic heterocycles. The number of aryl methyl sites for hydroxylation is 1. The van der Waals surface area contributed by atoms with Crippen molar-refractivity contribution in [2.45, 2.75) is 33.2 Å². The summed E-state index contributed by atoms with van der Waals surface area (Å²) in [4.78, 5) is 14.1. The van der Waals surface area contributed by atoms with E-state index in [1.165, 1.54) is 0 Å². The van der Waals surface area contributed by atoms with E-state index >= 15 is 0 Å². The van der Waals surface area contributed by atoms with E-state index in [0.29, 0.717) is 11.7 Å². The molecule has 0 aliphatic carbocycles. The zero-order valence-electron chi connectivity index (χ0n) is 12.0. The van der Waals surface area contributed by atoms with E-state index in [1.54, 1.807) is 12.1 Å². The van der Waals surface area contributed by atoms with Gasteiger partial charge in [-0.05, 0) is 45.5 Å². The summed E-state index contributed by atoms with van der Waals surface area (Å²) < 4.78 is 5.33. The number of rotatable bonds is 6. The Balaban J connectivity index is 2.61. The summed E-state index contributed by atoms with van der Waals surface area (Å²) in [6.45, 7) is 6.99. The van der Waals surface area contributed by atoms with Crippen LogP contribution in [0.1, 0.15) is 36.6 Å². The largest absolute Gasteiger partial charge is 0.456 e. The maximum atomic E-state index is 12.0. The third-order valence-electron chi connectivity index (χ3n) is 2.64. The van der Waals surface area contributed by atoms with Crippen LogP contribution >= 0.6 is 0 Å². The number of nitrogens with one attached hydrogen (secondary N) is 1. The monoisotopic (exact) mass is 252 g/mol. The molecule has 102 valence electrons. The molecule has 1 amide bonds. The summed E-state index contributed by atoms with van der Waals surface area (Å²) in [5, 5.41) is 3.03. The predicted octanol–water partition coefficient (Wildman–Crippen LogP) is 2.29. The zero-order valence-corrected chi connectivity index (χ0v) is 12.0. The SMILES string of the molecule is Cc1ccc(C(=O)N[C@@H](CC(C)C)CN(C)C)o1. The van der Waals surface area contributed by atoms with Crippen molar-refractivity contribution in [1.82, 2.24) is 10.2 Å². The van der Waals surface area contributed by atoms with Crippen LogP contribution in [0.3, 0.4) is 0 Å². The molecule has 0 saturated heterocycles. The molecular weight excluding hydrogens is 228 g/mol. The highest BCUT2D eigenvalue weighted by molar-refractivity contribution is 5.91. The minimum atomic E-state index is -0.129. The van der Waals surface area contributed by atoms with Gasteiger partial charge in [-0.3, -0.25) is 4.79 Å². The van der Waals surface area contributed by atoms with Gasteiger partial charge in [-0.2, -0.15) is 0 Å². The number of amides is 1. The van der Waals surface area contributed by atoms with Crippen molar-refractivity contribution in [3.05, 3.63) is 23.7 Å². The molecule has 0 saturated carbocycles. The highest BCUT2D eigenvalue weighted by atomic mass is 16.3. The van der Waals surface area contributed by atoms with Crippen molar-refractivity contribution in [2.75, 3.05) is 20.6 Å². The van der Waals surface area contributed by atoms with Gasteiger partial charge in [0.25, 0.3) is 5.91 Å². The van der Waals surface area contributed by atoms with Crippen molar-refractivity contribution >= 4 is 5.91 Å². The number of carbonyl (C=O) groups excluding carboxylic acids is 1. The maximum absolute atomic E-state index is 12.0. The van der Waals surface area contributed by atoms with E-state index in [4.69, 9.17) is 4.42 Å². The van der Waals surface area contributed by atoms with E-state index in [1.807, 2.05) is 21.0 Å². The lowest BCUT2D eigenvalue weighted by molar-refractivity contribution is 0.0895. The second-order valence-electron chi connectivity index (χ2n) is 5.47. The molecule has 0 unspecified atom stereocenters. The Morgan fingerprint density at radius 2 is 2.06 bits per heavy atom. The number of carbonyl (C=O) groups is 1. The highest BCUT2D eigenvalue weighted by Gasteiger charge is 2.17. The molecule has 1 aromatic heterocycles. The fraction of sp³-hybridized carbons (Fsp3) is 0.643. The van der Waals surface area contributed by atoms with Crippen LogP contribution in [0.25, 0.3) is 0 Å². The summed E-state index contributed by atoms with van der Waals surface area (Å²) in [5.41, 5.74) is 0. The van der Waals surface area contributed by atoms with E-state index in [0.717, 1.165) is 18.7 Å². The molecule has 4 nitrogen and oxygen atoms in total. The van der Waals surface area contributed by atoms with E-state index < -0.39 is 0 Å². The van der Waals surface area contributed by atoms with Crippen molar-refractivity contribution in [3.63, 3.8) is 0 Å². The van der Waals surface area contributed by atoms with E-state index in [-0.39, 0.29) is 11.9 Å². The first-order chi connectivity index (χ1) is 8.38. The Hall–Kier alpha value is -1.29. The van der Waals surface area contributed by atoms with E-state index in [2.05, 4.69) is 24.1 Å². The van der Waals surface area contributed by atoms with Gasteiger partial charge in [0.05, 0.1) is 0 Å². The number of hydrogen-bond donors (Lipinski definition) is 1. The van der Waals surface area contributed by atoms with Crippen molar-refractivity contribution < 1.29 is 9.21 Å². The number of likely N-dealkylation sites (N-methyl/N-ethyl adjacent to an activating group) is 1. The number of nitrogens with zero attached hydrogens (tertiary/aromatic N) is 1. The first kappa shape index (κ1) is 14.8. The van der Waals surface area contributed by atoms with Gasteiger partial charge in [-0.1, -0.05) is 13.8 Å². The summed E-state index contributed by atoms with van der Waals surface area (Å²) in [5.74, 6) is 1.57. The van der Waals surface area contributed by atoms with Crippen LogP contribution in [0.4, 0.5) is 0 Å². The number of furan rings is 1. The Kier molecular flexibility index (Phi) is 5.41. The van der Waals surface area contributed by atoms with Crippen LogP contribution < -0.4 is 5.32 Å². The Morgan fingerprint density at radius 3 is 2.50 bits per heavy atom. The topological polar surface area (TPSA) is 45.5 Å². The molecule has 0 aliphatic rings. The normalized spacial score (nSPS) is 13.1. The van der Waals surface area contributed by atoms with Gasteiger partial charge in [0.15, 0.2) is 5.76 Å². The molecule has 1 rings (SSSR count). The third kappa shape index (κ3) is 4.92. The third-order valence-corrected chi connectivity index (χ3v) is 2.64. The highest BCUT2D eigenvalue weighted by Crippen LogP contribution is 2.09. The lowest BCUT2D eigenvalue weighted by Crippen LogP contribution is -2.42. The van der Waals surface area contributed by atoms with Crippen molar-refractivity contribution in [1.29, 1.82) is 0 Å². The molecule has 4 heteroatoms. The molecule has 1 N–H and O–H groups in total. The average Bonchev–Trinajstić information content (AvgIpc) is 2.62. The van der Waals surface area contributed by atoms with Gasteiger partial charge in [0, 0.05) is 12.6 Å². The quantitative estimate of drug-likeness (QED) is 0.845. The molecule has 1 aromatic rings. The zero-order chi connectivity index (χ0) is 13.7. The predicted molar refractivity (Wildman–Crippen MR) is 72.7 cm³/mol. The molecule has 1 atom stereocenters. The first-order valence-electron chi connectivity index (χ1n) is 6.40. The fourth-order valence-electron chi connectivity index (χ4n) is 2.00. The van der Waals surface area contributed by atoms with Crippen molar-refractivity contribution in [2.24, 2.45) is 5.92 Å². The van der Waals surface area contributed by atoms with Crippen LogP contribution in [0, 0.1) is 12.8 Å². The average molecular weight is 252 g/mol. The standard InChI is InChI=1S/C14H24N2O2/c1-10(2)8-12(9-16(4)5)15-14(17)13-7-6-11(3)18-13/h6-7,10,12H,8-9H2,1-5H3,(H,15,17)/t12-/m0/s1. The minimum absolute atomic E-state index is 0.129. The summed E-state index contributed by atoms with van der Waals surface area (Å²) in [6.07, 6.45) is 0.962. The fourth-order valence-corrected chi connectivity index (χ4v) is 2.00. The van der Waals surface area contributed by atoms with Gasteiger partial charge >= 0.3 is 0 Å². The molecule has 0 radical (unpaired) electrons. The second kappa shape index (κ2) is 6.59. The van der Waals surface area contributed by atoms with E-state index in [9.17, 15) is 4.79 Å².